The summed E-state index contributed by atoms with van der Waals surface area (Å²) in [7, 11) is 0. The fourth-order valence-corrected chi connectivity index (χ4v) is 6.49. The highest BCUT2D eigenvalue weighted by atomic mass is 16.6. The lowest BCUT2D eigenvalue weighted by atomic mass is 9.95. The number of nitrogens with zero attached hydrogens (tertiary/aromatic N) is 3. The Morgan fingerprint density at radius 2 is 1.54 bits per heavy atom. The van der Waals surface area contributed by atoms with Gasteiger partial charge in [-0.15, -0.1) is 0 Å². The van der Waals surface area contributed by atoms with Crippen molar-refractivity contribution in [1.29, 1.82) is 0 Å². The van der Waals surface area contributed by atoms with Gasteiger partial charge in [-0.05, 0) is 69.4 Å². The summed E-state index contributed by atoms with van der Waals surface area (Å²) >= 11 is 0. The van der Waals surface area contributed by atoms with Crippen molar-refractivity contribution in [3.05, 3.63) is 135 Å². The van der Waals surface area contributed by atoms with E-state index in [9.17, 15) is 9.59 Å². The monoisotopic (exact) mass is 547 g/mol. The molecule has 2 bridgehead atoms. The molecule has 6 rings (SSSR count). The minimum Gasteiger partial charge on any atom is -0.456 e. The summed E-state index contributed by atoms with van der Waals surface area (Å²) in [5.41, 5.74) is 5.10. The van der Waals surface area contributed by atoms with E-state index in [2.05, 4.69) is 29.2 Å². The minimum absolute atomic E-state index is 0.0216. The molecule has 0 aliphatic carbocycles. The number of carbonyl (C=O) groups is 1. The second-order valence-corrected chi connectivity index (χ2v) is 12.2. The molecule has 0 N–H and O–H groups in total. The summed E-state index contributed by atoms with van der Waals surface area (Å²) in [4.78, 5) is 34.5. The molecule has 6 nitrogen and oxygen atoms in total. The highest BCUT2D eigenvalue weighted by Crippen LogP contribution is 2.43. The van der Waals surface area contributed by atoms with E-state index in [0.29, 0.717) is 11.6 Å². The van der Waals surface area contributed by atoms with E-state index in [-0.39, 0.29) is 23.6 Å². The lowest BCUT2D eigenvalue weighted by molar-refractivity contribution is 0.00694. The number of ether oxygens (including phenoxy) is 1. The van der Waals surface area contributed by atoms with Crippen molar-refractivity contribution in [3.8, 4) is 0 Å². The summed E-state index contributed by atoms with van der Waals surface area (Å²) in [5, 5.41) is 0. The van der Waals surface area contributed by atoms with E-state index in [1.165, 1.54) is 0 Å². The van der Waals surface area contributed by atoms with E-state index in [1.54, 1.807) is 0 Å². The van der Waals surface area contributed by atoms with E-state index in [4.69, 9.17) is 9.72 Å². The van der Waals surface area contributed by atoms with Gasteiger partial charge in [-0.25, -0.2) is 9.78 Å². The maximum atomic E-state index is 14.5. The summed E-state index contributed by atoms with van der Waals surface area (Å²) < 4.78 is 7.42. The molecular formula is C35H37N3O3. The molecule has 1 fully saturated rings. The SMILES string of the molecule is Cc1nc2c(c(=O)n1C(c1ccccc1)c1ccccc1)C1CCC(C2)N1Cc1ccc(C(=O)OC(C)(C)C)cc1. The number of carbonyl (C=O) groups excluding carboxylic acids is 1. The topological polar surface area (TPSA) is 64.4 Å². The Hall–Kier alpha value is -4.03. The van der Waals surface area contributed by atoms with Crippen LogP contribution in [0.15, 0.2) is 89.7 Å². The maximum Gasteiger partial charge on any atom is 0.338 e. The number of fused-ring (bicyclic) bond motifs is 4. The molecule has 4 aromatic rings. The van der Waals surface area contributed by atoms with Gasteiger partial charge in [0, 0.05) is 25.0 Å². The van der Waals surface area contributed by atoms with Gasteiger partial charge in [-0.2, -0.15) is 0 Å². The molecule has 0 amide bonds. The first-order valence-corrected chi connectivity index (χ1v) is 14.5. The normalized spacial score (nSPS) is 18.4. The van der Waals surface area contributed by atoms with Crippen LogP contribution in [-0.2, 0) is 17.7 Å². The Morgan fingerprint density at radius 3 is 2.12 bits per heavy atom. The third-order valence-electron chi connectivity index (χ3n) is 8.25. The number of hydrogen-bond donors (Lipinski definition) is 0. The maximum absolute atomic E-state index is 14.5. The third-order valence-corrected chi connectivity index (χ3v) is 8.25. The number of hydrogen-bond acceptors (Lipinski definition) is 5. The van der Waals surface area contributed by atoms with Gasteiger partial charge in [0.15, 0.2) is 0 Å². The molecule has 6 heteroatoms. The van der Waals surface area contributed by atoms with E-state index >= 15 is 0 Å². The Morgan fingerprint density at radius 1 is 0.927 bits per heavy atom. The molecule has 210 valence electrons. The Balaban J connectivity index is 1.34. The first kappa shape index (κ1) is 27.2. The molecule has 2 atom stereocenters. The zero-order valence-electron chi connectivity index (χ0n) is 24.2. The third kappa shape index (κ3) is 5.36. The molecular weight excluding hydrogens is 510 g/mol. The fraction of sp³-hybridized carbons (Fsp3) is 0.343. The molecule has 2 unspecified atom stereocenters. The Labute approximate surface area is 241 Å². The number of rotatable bonds is 6. The Kier molecular flexibility index (Phi) is 7.12. The zero-order valence-corrected chi connectivity index (χ0v) is 24.2. The van der Waals surface area contributed by atoms with Gasteiger partial charge in [0.1, 0.15) is 11.4 Å². The van der Waals surface area contributed by atoms with Gasteiger partial charge >= 0.3 is 5.97 Å². The van der Waals surface area contributed by atoms with Crippen molar-refractivity contribution in [3.63, 3.8) is 0 Å². The molecule has 0 spiro atoms. The number of benzene rings is 3. The van der Waals surface area contributed by atoms with Crippen molar-refractivity contribution in [2.24, 2.45) is 0 Å². The van der Waals surface area contributed by atoms with Crippen LogP contribution in [0.4, 0.5) is 0 Å². The first-order chi connectivity index (χ1) is 19.7. The Bertz CT molecular complexity index is 1570. The predicted octanol–water partition coefficient (Wildman–Crippen LogP) is 6.41. The molecule has 1 aromatic heterocycles. The van der Waals surface area contributed by atoms with Crippen LogP contribution in [0.1, 0.15) is 89.8 Å². The predicted molar refractivity (Wildman–Crippen MR) is 160 cm³/mol. The highest BCUT2D eigenvalue weighted by Gasteiger charge is 2.43. The van der Waals surface area contributed by atoms with Crippen molar-refractivity contribution in [2.45, 2.75) is 77.2 Å². The summed E-state index contributed by atoms with van der Waals surface area (Å²) in [6, 6.07) is 28.2. The van der Waals surface area contributed by atoms with Gasteiger partial charge in [-0.1, -0.05) is 72.8 Å². The van der Waals surface area contributed by atoms with E-state index < -0.39 is 5.60 Å². The molecule has 3 heterocycles. The standard InChI is InChI=1S/C35H37N3O3/c1-23-36-29-21-28-19-20-30(37(28)22-24-15-17-27(18-16-24)34(40)41-35(2,3)4)31(29)33(39)38(23)32(25-11-7-5-8-12-25)26-13-9-6-10-14-26/h5-18,28,30,32H,19-22H2,1-4H3. The molecule has 1 saturated heterocycles. The quantitative estimate of drug-likeness (QED) is 0.261. The number of aromatic nitrogens is 2. The highest BCUT2D eigenvalue weighted by molar-refractivity contribution is 5.89. The number of esters is 1. The molecule has 2 aliphatic rings. The van der Waals surface area contributed by atoms with Crippen LogP contribution in [0.2, 0.25) is 0 Å². The molecule has 3 aromatic carbocycles. The van der Waals surface area contributed by atoms with Crippen molar-refractivity contribution < 1.29 is 9.53 Å². The van der Waals surface area contributed by atoms with Crippen LogP contribution in [0.5, 0.6) is 0 Å². The van der Waals surface area contributed by atoms with Crippen LogP contribution in [-0.4, -0.2) is 32.1 Å². The van der Waals surface area contributed by atoms with Gasteiger partial charge in [0.25, 0.3) is 5.56 Å². The summed E-state index contributed by atoms with van der Waals surface area (Å²) in [5.74, 6) is 0.432. The van der Waals surface area contributed by atoms with Crippen LogP contribution < -0.4 is 5.56 Å². The zero-order chi connectivity index (χ0) is 28.7. The van der Waals surface area contributed by atoms with Gasteiger partial charge in [-0.3, -0.25) is 14.3 Å². The van der Waals surface area contributed by atoms with Crippen LogP contribution in [0.3, 0.4) is 0 Å². The lowest BCUT2D eigenvalue weighted by Crippen LogP contribution is -2.43. The van der Waals surface area contributed by atoms with E-state index in [0.717, 1.165) is 59.6 Å². The van der Waals surface area contributed by atoms with Crippen LogP contribution >= 0.6 is 0 Å². The van der Waals surface area contributed by atoms with Crippen LogP contribution in [0, 0.1) is 6.92 Å². The largest absolute Gasteiger partial charge is 0.456 e. The van der Waals surface area contributed by atoms with Crippen molar-refractivity contribution in [1.82, 2.24) is 14.5 Å². The fourth-order valence-electron chi connectivity index (χ4n) is 6.49. The average molecular weight is 548 g/mol. The van der Waals surface area contributed by atoms with Gasteiger partial charge in [0.05, 0.1) is 22.9 Å². The smallest absolute Gasteiger partial charge is 0.338 e. The minimum atomic E-state index is -0.532. The summed E-state index contributed by atoms with van der Waals surface area (Å²) in [6.07, 6.45) is 2.76. The lowest BCUT2D eigenvalue weighted by Gasteiger charge is -2.36. The van der Waals surface area contributed by atoms with Crippen molar-refractivity contribution in [2.75, 3.05) is 0 Å². The second-order valence-electron chi connectivity index (χ2n) is 12.2. The van der Waals surface area contributed by atoms with Crippen molar-refractivity contribution >= 4 is 5.97 Å². The van der Waals surface area contributed by atoms with Gasteiger partial charge in [0.2, 0.25) is 0 Å². The molecule has 0 radical (unpaired) electrons. The average Bonchev–Trinajstić information content (AvgIpc) is 3.21. The second kappa shape index (κ2) is 10.7. The molecule has 41 heavy (non-hydrogen) atoms. The van der Waals surface area contributed by atoms with E-state index in [1.807, 2.05) is 92.9 Å². The first-order valence-electron chi connectivity index (χ1n) is 14.5. The molecule has 2 aliphatic heterocycles. The summed E-state index contributed by atoms with van der Waals surface area (Å²) in [6.45, 7) is 8.29. The van der Waals surface area contributed by atoms with Crippen LogP contribution in [0.25, 0.3) is 0 Å². The molecule has 0 saturated carbocycles. The number of aryl methyl sites for hydroxylation is 1. The van der Waals surface area contributed by atoms with Gasteiger partial charge < -0.3 is 4.74 Å².